The van der Waals surface area contributed by atoms with Crippen molar-refractivity contribution in [3.8, 4) is 0 Å². The molecule has 0 bridgehead atoms. The largest absolute Gasteiger partial charge is 0.314 e. The maximum Gasteiger partial charge on any atom is 0.0234 e. The van der Waals surface area contributed by atoms with E-state index in [1.54, 1.807) is 0 Å². The zero-order valence-corrected chi connectivity index (χ0v) is 12.5. The van der Waals surface area contributed by atoms with Crippen molar-refractivity contribution < 1.29 is 0 Å². The standard InChI is InChI=1S/C19H23N2/c1-2-5-17(6-3-1)9-10-18-7-4-8-19(15-18)16-21-13-11-20-12-14-21/h1-2,4-8,15,20H,9-14,16H2. The van der Waals surface area contributed by atoms with Crippen LogP contribution in [0.5, 0.6) is 0 Å². The van der Waals surface area contributed by atoms with E-state index in [1.165, 1.54) is 16.7 Å². The highest BCUT2D eigenvalue weighted by Crippen LogP contribution is 2.12. The van der Waals surface area contributed by atoms with Gasteiger partial charge in [-0.15, -0.1) is 0 Å². The average molecular weight is 279 g/mol. The fourth-order valence-electron chi connectivity index (χ4n) is 2.89. The summed E-state index contributed by atoms with van der Waals surface area (Å²) >= 11 is 0. The predicted octanol–water partition coefficient (Wildman–Crippen LogP) is 2.68. The molecule has 0 spiro atoms. The lowest BCUT2D eigenvalue weighted by atomic mass is 10.0. The maximum atomic E-state index is 3.41. The molecule has 2 nitrogen and oxygen atoms in total. The van der Waals surface area contributed by atoms with Crippen molar-refractivity contribution in [2.45, 2.75) is 19.4 Å². The van der Waals surface area contributed by atoms with E-state index in [1.807, 2.05) is 6.07 Å². The SMILES string of the molecule is [c]1cccc(CCc2cccc(CN3CCNCC3)c2)c1. The molecule has 0 saturated carbocycles. The maximum absolute atomic E-state index is 3.41. The Labute approximate surface area is 127 Å². The third-order valence-electron chi connectivity index (χ3n) is 4.08. The second-order valence-electron chi connectivity index (χ2n) is 5.76. The van der Waals surface area contributed by atoms with Crippen molar-refractivity contribution in [2.24, 2.45) is 0 Å². The van der Waals surface area contributed by atoms with Crippen LogP contribution in [0.1, 0.15) is 16.7 Å². The number of rotatable bonds is 5. The molecular weight excluding hydrogens is 256 g/mol. The summed E-state index contributed by atoms with van der Waals surface area (Å²) in [6.07, 6.45) is 2.20. The molecule has 1 saturated heterocycles. The molecule has 109 valence electrons. The summed E-state index contributed by atoms with van der Waals surface area (Å²) in [4.78, 5) is 2.53. The lowest BCUT2D eigenvalue weighted by Gasteiger charge is -2.27. The van der Waals surface area contributed by atoms with Gasteiger partial charge in [-0.25, -0.2) is 0 Å². The van der Waals surface area contributed by atoms with Crippen LogP contribution < -0.4 is 5.32 Å². The Morgan fingerprint density at radius 2 is 1.71 bits per heavy atom. The van der Waals surface area contributed by atoms with Crippen LogP contribution in [0.2, 0.25) is 0 Å². The minimum absolute atomic E-state index is 1.08. The summed E-state index contributed by atoms with van der Waals surface area (Å²) in [5.74, 6) is 0. The molecule has 1 heterocycles. The van der Waals surface area contributed by atoms with Crippen LogP contribution in [0.25, 0.3) is 0 Å². The Kier molecular flexibility index (Phi) is 5.03. The zero-order chi connectivity index (χ0) is 14.3. The first-order valence-electron chi connectivity index (χ1n) is 7.86. The average Bonchev–Trinajstić information content (AvgIpc) is 2.55. The van der Waals surface area contributed by atoms with Gasteiger partial charge in [0.25, 0.3) is 0 Å². The number of benzene rings is 2. The van der Waals surface area contributed by atoms with Gasteiger partial charge in [-0.05, 0) is 35.6 Å². The molecule has 0 aliphatic carbocycles. The molecule has 1 aliphatic rings. The van der Waals surface area contributed by atoms with Crippen LogP contribution in [-0.4, -0.2) is 31.1 Å². The van der Waals surface area contributed by atoms with E-state index in [9.17, 15) is 0 Å². The topological polar surface area (TPSA) is 15.3 Å². The van der Waals surface area contributed by atoms with Crippen molar-refractivity contribution in [2.75, 3.05) is 26.2 Å². The molecule has 0 atom stereocenters. The first-order chi connectivity index (χ1) is 10.4. The number of aryl methyl sites for hydroxylation is 2. The van der Waals surface area contributed by atoms with Crippen LogP contribution in [0.3, 0.4) is 0 Å². The van der Waals surface area contributed by atoms with Gasteiger partial charge in [-0.2, -0.15) is 0 Å². The molecule has 0 unspecified atom stereocenters. The monoisotopic (exact) mass is 279 g/mol. The van der Waals surface area contributed by atoms with Crippen LogP contribution in [0.15, 0.2) is 48.5 Å². The van der Waals surface area contributed by atoms with Gasteiger partial charge in [0, 0.05) is 32.7 Å². The smallest absolute Gasteiger partial charge is 0.0234 e. The Balaban J connectivity index is 1.57. The summed E-state index contributed by atoms with van der Waals surface area (Å²) in [6, 6.07) is 20.5. The van der Waals surface area contributed by atoms with Gasteiger partial charge in [0.1, 0.15) is 0 Å². The molecule has 0 amide bonds. The highest BCUT2D eigenvalue weighted by Gasteiger charge is 2.09. The molecular formula is C19H23N2. The van der Waals surface area contributed by atoms with E-state index in [0.717, 1.165) is 45.6 Å². The number of nitrogens with zero attached hydrogens (tertiary/aromatic N) is 1. The molecule has 1 N–H and O–H groups in total. The fraction of sp³-hybridized carbons (Fsp3) is 0.368. The van der Waals surface area contributed by atoms with Crippen LogP contribution in [0.4, 0.5) is 0 Å². The Morgan fingerprint density at radius 3 is 2.52 bits per heavy atom. The lowest BCUT2D eigenvalue weighted by molar-refractivity contribution is 0.233. The molecule has 3 rings (SSSR count). The molecule has 21 heavy (non-hydrogen) atoms. The molecule has 1 aliphatic heterocycles. The second kappa shape index (κ2) is 7.39. The van der Waals surface area contributed by atoms with Gasteiger partial charge in [0.15, 0.2) is 0 Å². The van der Waals surface area contributed by atoms with Crippen LogP contribution in [0, 0.1) is 6.07 Å². The minimum atomic E-state index is 1.08. The number of nitrogens with one attached hydrogen (secondary N) is 1. The number of piperazine rings is 1. The quantitative estimate of drug-likeness (QED) is 0.905. The Bertz CT molecular complexity index is 545. The van der Waals surface area contributed by atoms with Crippen LogP contribution in [-0.2, 0) is 19.4 Å². The normalized spacial score (nSPS) is 16.0. The summed E-state index contributed by atoms with van der Waals surface area (Å²) in [5, 5.41) is 3.41. The summed E-state index contributed by atoms with van der Waals surface area (Å²) in [5.41, 5.74) is 4.24. The van der Waals surface area contributed by atoms with Crippen LogP contribution >= 0.6 is 0 Å². The predicted molar refractivity (Wildman–Crippen MR) is 87.3 cm³/mol. The van der Waals surface area contributed by atoms with Crippen molar-refractivity contribution in [1.82, 2.24) is 10.2 Å². The van der Waals surface area contributed by atoms with Crippen molar-refractivity contribution in [1.29, 1.82) is 0 Å². The van der Waals surface area contributed by atoms with Gasteiger partial charge in [-0.3, -0.25) is 4.90 Å². The van der Waals surface area contributed by atoms with E-state index in [0.29, 0.717) is 0 Å². The van der Waals surface area contributed by atoms with Crippen molar-refractivity contribution in [3.05, 3.63) is 71.3 Å². The van der Waals surface area contributed by atoms with Crippen molar-refractivity contribution in [3.63, 3.8) is 0 Å². The molecule has 1 fully saturated rings. The van der Waals surface area contributed by atoms with Gasteiger partial charge in [0.05, 0.1) is 0 Å². The van der Waals surface area contributed by atoms with E-state index >= 15 is 0 Å². The van der Waals surface area contributed by atoms with Gasteiger partial charge in [-0.1, -0.05) is 48.5 Å². The molecule has 2 aromatic carbocycles. The lowest BCUT2D eigenvalue weighted by Crippen LogP contribution is -2.42. The third kappa shape index (κ3) is 4.42. The van der Waals surface area contributed by atoms with E-state index in [2.05, 4.69) is 58.7 Å². The number of hydrogen-bond acceptors (Lipinski definition) is 2. The summed E-state index contributed by atoms with van der Waals surface area (Å²) in [6.45, 7) is 5.62. The first-order valence-corrected chi connectivity index (χ1v) is 7.86. The highest BCUT2D eigenvalue weighted by molar-refractivity contribution is 5.25. The molecule has 2 aromatic rings. The summed E-state index contributed by atoms with van der Waals surface area (Å²) < 4.78 is 0. The zero-order valence-electron chi connectivity index (χ0n) is 12.5. The number of hydrogen-bond donors (Lipinski definition) is 1. The van der Waals surface area contributed by atoms with Gasteiger partial charge >= 0.3 is 0 Å². The summed E-state index contributed by atoms with van der Waals surface area (Å²) in [7, 11) is 0. The highest BCUT2D eigenvalue weighted by atomic mass is 15.2. The Hall–Kier alpha value is -1.64. The third-order valence-corrected chi connectivity index (χ3v) is 4.08. The molecule has 2 heteroatoms. The minimum Gasteiger partial charge on any atom is -0.314 e. The molecule has 1 radical (unpaired) electrons. The van der Waals surface area contributed by atoms with Gasteiger partial charge in [0.2, 0.25) is 0 Å². The van der Waals surface area contributed by atoms with Crippen molar-refractivity contribution >= 4 is 0 Å². The molecule has 0 aromatic heterocycles. The Morgan fingerprint density at radius 1 is 0.952 bits per heavy atom. The van der Waals surface area contributed by atoms with E-state index in [4.69, 9.17) is 0 Å². The van der Waals surface area contributed by atoms with Gasteiger partial charge < -0.3 is 5.32 Å². The second-order valence-corrected chi connectivity index (χ2v) is 5.76. The fourth-order valence-corrected chi connectivity index (χ4v) is 2.89. The van der Waals surface area contributed by atoms with E-state index < -0.39 is 0 Å². The van der Waals surface area contributed by atoms with E-state index in [-0.39, 0.29) is 0 Å². The first kappa shape index (κ1) is 14.3.